The summed E-state index contributed by atoms with van der Waals surface area (Å²) in [5.74, 6) is 1.36. The fourth-order valence-electron chi connectivity index (χ4n) is 5.80. The highest BCUT2D eigenvalue weighted by Gasteiger charge is 2.56. The van der Waals surface area contributed by atoms with Crippen molar-refractivity contribution in [1.82, 2.24) is 0 Å². The minimum absolute atomic E-state index is 0.0416. The van der Waals surface area contributed by atoms with Crippen molar-refractivity contribution < 1.29 is 16.0 Å². The highest BCUT2D eigenvalue weighted by Crippen LogP contribution is 2.61. The van der Waals surface area contributed by atoms with Crippen LogP contribution in [0.2, 0.25) is 0 Å². The summed E-state index contributed by atoms with van der Waals surface area (Å²) in [6.07, 6.45) is 6.46. The predicted octanol–water partition coefficient (Wildman–Crippen LogP) is 3.45. The molecule has 0 heterocycles. The van der Waals surface area contributed by atoms with E-state index in [1.807, 2.05) is 12.1 Å². The van der Waals surface area contributed by atoms with Gasteiger partial charge in [-0.05, 0) is 67.4 Å². The van der Waals surface area contributed by atoms with E-state index >= 15 is 0 Å². The molecular weight excluding hydrogens is 288 g/mol. The Labute approximate surface area is 139 Å². The van der Waals surface area contributed by atoms with E-state index in [4.69, 9.17) is 11.2 Å². The van der Waals surface area contributed by atoms with Gasteiger partial charge in [0.15, 0.2) is 0 Å². The summed E-state index contributed by atoms with van der Waals surface area (Å²) < 4.78 is 13.4. The Bertz CT molecular complexity index is 658. The molecule has 3 unspecified atom stereocenters. The molecule has 1 aromatic carbocycles. The van der Waals surface area contributed by atoms with Crippen LogP contribution in [0.25, 0.3) is 0 Å². The molecule has 0 saturated heterocycles. The van der Waals surface area contributed by atoms with Crippen molar-refractivity contribution in [3.8, 4) is 0 Å². The summed E-state index contributed by atoms with van der Waals surface area (Å²) in [5, 5.41) is 9.00. The summed E-state index contributed by atoms with van der Waals surface area (Å²) in [5.41, 5.74) is 2.88. The van der Waals surface area contributed by atoms with Crippen molar-refractivity contribution in [2.24, 2.45) is 17.3 Å². The molecule has 3 heteroatoms. The fourth-order valence-corrected chi connectivity index (χ4v) is 5.80. The van der Waals surface area contributed by atoms with Gasteiger partial charge in [0, 0.05) is 5.41 Å². The van der Waals surface area contributed by atoms with Gasteiger partial charge in [0.05, 0.1) is 1.37 Å². The Morgan fingerprint density at radius 3 is 3.09 bits per heavy atom. The van der Waals surface area contributed by atoms with Gasteiger partial charge in [-0.15, -0.1) is 0 Å². The zero-order valence-electron chi connectivity index (χ0n) is 14.8. The van der Waals surface area contributed by atoms with Gasteiger partial charge in [-0.2, -0.15) is 0 Å². The third-order valence-corrected chi connectivity index (χ3v) is 6.89. The van der Waals surface area contributed by atoms with Gasteiger partial charge in [-0.25, -0.2) is 4.79 Å². The summed E-state index contributed by atoms with van der Waals surface area (Å²) in [6, 6.07) is 6.76. The maximum Gasteiger partial charge on any atom is 0.332 e. The molecule has 124 valence electrons. The third-order valence-electron chi connectivity index (χ3n) is 6.89. The Kier molecular flexibility index (Phi) is 3.43. The standard InChI is InChI=1S/C20H26O3/c1-20-11-10-15-14-5-3-2-4-13(14)6-7-16(15)17(20)8-9-18(20)23-19(22)12-21/h2-5,15-18,21H,6-12H2,1H3/t15?,16?,17?,18-,20-/m0/s1/i2T. The monoisotopic (exact) mass is 316 g/mol. The second-order valence-electron chi connectivity index (χ2n) is 7.80. The topological polar surface area (TPSA) is 46.5 Å². The Morgan fingerprint density at radius 1 is 1.39 bits per heavy atom. The van der Waals surface area contributed by atoms with Crippen molar-refractivity contribution in [3.05, 3.63) is 35.4 Å². The van der Waals surface area contributed by atoms with E-state index in [2.05, 4.69) is 13.0 Å². The first-order valence-electron chi connectivity index (χ1n) is 9.42. The number of hydrogen-bond donors (Lipinski definition) is 1. The number of rotatable bonds is 2. The van der Waals surface area contributed by atoms with Gasteiger partial charge in [-0.1, -0.05) is 31.2 Å². The van der Waals surface area contributed by atoms with E-state index in [1.165, 1.54) is 17.5 Å². The minimum atomic E-state index is -0.522. The van der Waals surface area contributed by atoms with Gasteiger partial charge >= 0.3 is 5.97 Å². The molecule has 0 radical (unpaired) electrons. The average molecular weight is 316 g/mol. The SMILES string of the molecule is [3H]c1ccc2c(c1)CCC1C2CC[C@@]2(C)C1CC[C@@H]2OC(=O)CO. The number of ether oxygens (including phenoxy) is 1. The van der Waals surface area contributed by atoms with Crippen LogP contribution in [0, 0.1) is 17.3 Å². The molecule has 2 fully saturated rings. The number of esters is 1. The van der Waals surface area contributed by atoms with Gasteiger partial charge in [0.25, 0.3) is 0 Å². The number of aliphatic hydroxyl groups excluding tert-OH is 1. The van der Waals surface area contributed by atoms with Crippen molar-refractivity contribution >= 4 is 5.97 Å². The number of carbonyl (C=O) groups is 1. The second kappa shape index (κ2) is 5.62. The van der Waals surface area contributed by atoms with Gasteiger partial charge in [-0.3, -0.25) is 0 Å². The molecule has 2 saturated carbocycles. The number of aryl methyl sites for hydroxylation is 1. The number of hydrogen-bond acceptors (Lipinski definition) is 3. The molecule has 0 aliphatic heterocycles. The van der Waals surface area contributed by atoms with Crippen molar-refractivity contribution in [3.63, 3.8) is 0 Å². The number of fused-ring (bicyclic) bond motifs is 5. The van der Waals surface area contributed by atoms with Crippen LogP contribution < -0.4 is 0 Å². The first kappa shape index (κ1) is 14.0. The third kappa shape index (κ3) is 2.32. The average Bonchev–Trinajstić information content (AvgIpc) is 2.90. The highest BCUT2D eigenvalue weighted by atomic mass is 16.6. The lowest BCUT2D eigenvalue weighted by atomic mass is 9.55. The largest absolute Gasteiger partial charge is 0.460 e. The van der Waals surface area contributed by atoms with Crippen LogP contribution in [0.4, 0.5) is 0 Å². The molecule has 0 aromatic heterocycles. The molecule has 0 bridgehead atoms. The summed E-state index contributed by atoms with van der Waals surface area (Å²) >= 11 is 0. The van der Waals surface area contributed by atoms with Crippen LogP contribution in [0.3, 0.4) is 0 Å². The summed E-state index contributed by atoms with van der Waals surface area (Å²) in [7, 11) is 0. The van der Waals surface area contributed by atoms with Gasteiger partial charge < -0.3 is 9.84 Å². The van der Waals surface area contributed by atoms with Crippen LogP contribution in [0.1, 0.15) is 57.4 Å². The normalized spacial score (nSPS) is 39.0. The van der Waals surface area contributed by atoms with Crippen molar-refractivity contribution in [2.45, 2.75) is 57.5 Å². The Hall–Kier alpha value is -1.35. The predicted molar refractivity (Wildman–Crippen MR) is 88.0 cm³/mol. The Morgan fingerprint density at radius 2 is 2.26 bits per heavy atom. The van der Waals surface area contributed by atoms with Crippen molar-refractivity contribution in [2.75, 3.05) is 6.61 Å². The molecule has 0 spiro atoms. The lowest BCUT2D eigenvalue weighted by Crippen LogP contribution is -2.45. The lowest BCUT2D eigenvalue weighted by molar-refractivity contribution is -0.160. The quantitative estimate of drug-likeness (QED) is 0.850. The highest BCUT2D eigenvalue weighted by molar-refractivity contribution is 5.70. The molecular formula is C20H26O3. The minimum Gasteiger partial charge on any atom is -0.460 e. The molecule has 5 atom stereocenters. The maximum atomic E-state index is 11.6. The van der Waals surface area contributed by atoms with Crippen LogP contribution in [0.5, 0.6) is 0 Å². The lowest BCUT2D eigenvalue weighted by Gasteiger charge is -2.50. The molecule has 3 aliphatic rings. The van der Waals surface area contributed by atoms with E-state index in [0.717, 1.165) is 32.1 Å². The van der Waals surface area contributed by atoms with E-state index < -0.39 is 12.6 Å². The van der Waals surface area contributed by atoms with Crippen LogP contribution in [0.15, 0.2) is 24.2 Å². The van der Waals surface area contributed by atoms with Gasteiger partial charge in [0.1, 0.15) is 12.7 Å². The summed E-state index contributed by atoms with van der Waals surface area (Å²) in [4.78, 5) is 11.6. The fraction of sp³-hybridized carbons (Fsp3) is 0.650. The second-order valence-corrected chi connectivity index (χ2v) is 7.80. The zero-order chi connectivity index (χ0) is 16.9. The van der Waals surface area contributed by atoms with Crippen LogP contribution >= 0.6 is 0 Å². The van der Waals surface area contributed by atoms with Gasteiger partial charge in [0.2, 0.25) is 0 Å². The van der Waals surface area contributed by atoms with E-state index in [1.54, 1.807) is 0 Å². The maximum absolute atomic E-state index is 11.6. The molecule has 4 rings (SSSR count). The first-order valence-corrected chi connectivity index (χ1v) is 8.92. The molecule has 1 aromatic rings. The molecule has 0 amide bonds. The molecule has 3 aliphatic carbocycles. The number of aliphatic hydroxyl groups is 1. The number of benzene rings is 1. The molecule has 1 N–H and O–H groups in total. The number of carbonyl (C=O) groups excluding carboxylic acids is 1. The molecule has 3 nitrogen and oxygen atoms in total. The van der Waals surface area contributed by atoms with Crippen molar-refractivity contribution in [1.29, 1.82) is 0 Å². The van der Waals surface area contributed by atoms with E-state index in [0.29, 0.717) is 23.8 Å². The first-order chi connectivity index (χ1) is 11.5. The van der Waals surface area contributed by atoms with Crippen LogP contribution in [-0.4, -0.2) is 23.8 Å². The summed E-state index contributed by atoms with van der Waals surface area (Å²) in [6.45, 7) is 1.77. The van der Waals surface area contributed by atoms with Crippen LogP contribution in [-0.2, 0) is 16.0 Å². The van der Waals surface area contributed by atoms with E-state index in [9.17, 15) is 4.79 Å². The van der Waals surface area contributed by atoms with E-state index in [-0.39, 0.29) is 11.5 Å². The molecule has 23 heavy (non-hydrogen) atoms. The zero-order valence-corrected chi connectivity index (χ0v) is 13.8. The Balaban J connectivity index is 1.60. The smallest absolute Gasteiger partial charge is 0.332 e.